The number of benzene rings is 1. The maximum absolute atomic E-state index is 12.9. The summed E-state index contributed by atoms with van der Waals surface area (Å²) in [5.74, 6) is 0.475. The van der Waals surface area contributed by atoms with Crippen molar-refractivity contribution in [2.24, 2.45) is 5.92 Å². The molecule has 2 fully saturated rings. The molecule has 2 unspecified atom stereocenters. The number of carbonyl (C=O) groups is 1. The molecule has 118 valence electrons. The van der Waals surface area contributed by atoms with Gasteiger partial charge in [0.1, 0.15) is 5.66 Å². The number of halogens is 2. The summed E-state index contributed by atoms with van der Waals surface area (Å²) in [5, 5.41) is 4.37. The molecule has 3 aliphatic rings. The number of hydrogen-bond donors (Lipinski definition) is 1. The molecule has 2 aliphatic heterocycles. The number of hydrogen-bond acceptors (Lipinski definition) is 2. The van der Waals surface area contributed by atoms with Gasteiger partial charge < -0.3 is 0 Å². The van der Waals surface area contributed by atoms with Crippen LogP contribution < -0.4 is 10.2 Å². The summed E-state index contributed by atoms with van der Waals surface area (Å²) in [6.45, 7) is 0. The number of anilines is 1. The van der Waals surface area contributed by atoms with Crippen LogP contribution in [0.1, 0.15) is 32.1 Å². The van der Waals surface area contributed by atoms with Gasteiger partial charge in [0.25, 0.3) is 0 Å². The van der Waals surface area contributed by atoms with Gasteiger partial charge in [0.15, 0.2) is 0 Å². The molecule has 22 heavy (non-hydrogen) atoms. The largest absolute Gasteiger partial charge is 0.293 e. The fraction of sp³-hybridized carbons (Fsp3) is 0.471. The second kappa shape index (κ2) is 5.99. The molecule has 1 N–H and O–H groups in total. The highest BCUT2D eigenvalue weighted by molar-refractivity contribution is 8.93. The maximum atomic E-state index is 12.9. The van der Waals surface area contributed by atoms with E-state index in [1.165, 1.54) is 0 Å². The van der Waals surface area contributed by atoms with E-state index in [2.05, 4.69) is 17.5 Å². The molecule has 1 amide bonds. The standard InChI is InChI=1S/C17H19ClN2O.BrH/c18-13-5-7-15(8-6-13)20(16(21)12-3-4-12)17-10-1-2-14(19-17)9-11-17;/h1-2,5-8,12,14,19H,3-4,9-11H2;1H. The van der Waals surface area contributed by atoms with E-state index in [1.54, 1.807) is 0 Å². The Morgan fingerprint density at radius 3 is 2.64 bits per heavy atom. The Kier molecular flexibility index (Phi) is 4.36. The molecule has 1 aromatic carbocycles. The van der Waals surface area contributed by atoms with E-state index in [1.807, 2.05) is 29.2 Å². The van der Waals surface area contributed by atoms with Gasteiger partial charge in [0, 0.05) is 29.1 Å². The zero-order chi connectivity index (χ0) is 14.4. The zero-order valence-corrected chi connectivity index (χ0v) is 14.8. The maximum Gasteiger partial charge on any atom is 0.231 e. The molecule has 4 rings (SSSR count). The topological polar surface area (TPSA) is 32.3 Å². The average molecular weight is 384 g/mol. The van der Waals surface area contributed by atoms with Gasteiger partial charge in [-0.3, -0.25) is 15.0 Å². The first-order valence-electron chi connectivity index (χ1n) is 7.72. The van der Waals surface area contributed by atoms with Gasteiger partial charge in [-0.15, -0.1) is 17.0 Å². The van der Waals surface area contributed by atoms with Crippen molar-refractivity contribution in [2.45, 2.75) is 43.8 Å². The number of rotatable bonds is 3. The van der Waals surface area contributed by atoms with Crippen LogP contribution in [0.5, 0.6) is 0 Å². The van der Waals surface area contributed by atoms with Gasteiger partial charge >= 0.3 is 0 Å². The molecule has 1 aromatic rings. The molecule has 0 radical (unpaired) electrons. The van der Waals surface area contributed by atoms with Gasteiger partial charge in [-0.05, 0) is 49.9 Å². The van der Waals surface area contributed by atoms with Crippen molar-refractivity contribution in [3.63, 3.8) is 0 Å². The minimum atomic E-state index is -0.243. The molecule has 0 spiro atoms. The van der Waals surface area contributed by atoms with E-state index in [9.17, 15) is 4.79 Å². The van der Waals surface area contributed by atoms with Gasteiger partial charge in [0.05, 0.1) is 0 Å². The van der Waals surface area contributed by atoms with E-state index in [-0.39, 0.29) is 34.5 Å². The molecule has 2 bridgehead atoms. The Labute approximate surface area is 146 Å². The summed E-state index contributed by atoms with van der Waals surface area (Å²) >= 11 is 6.00. The van der Waals surface area contributed by atoms with Crippen molar-refractivity contribution in [1.29, 1.82) is 0 Å². The summed E-state index contributed by atoms with van der Waals surface area (Å²) < 4.78 is 0. The van der Waals surface area contributed by atoms with Crippen LogP contribution in [0.15, 0.2) is 36.4 Å². The van der Waals surface area contributed by atoms with E-state index in [4.69, 9.17) is 11.6 Å². The van der Waals surface area contributed by atoms with Crippen molar-refractivity contribution in [3.8, 4) is 0 Å². The van der Waals surface area contributed by atoms with Crippen molar-refractivity contribution in [3.05, 3.63) is 41.4 Å². The van der Waals surface area contributed by atoms with E-state index < -0.39 is 0 Å². The van der Waals surface area contributed by atoms with Crippen LogP contribution >= 0.6 is 28.6 Å². The van der Waals surface area contributed by atoms with Crippen LogP contribution in [-0.4, -0.2) is 17.6 Å². The van der Waals surface area contributed by atoms with Crippen LogP contribution in [0.2, 0.25) is 5.02 Å². The summed E-state index contributed by atoms with van der Waals surface area (Å²) in [7, 11) is 0. The third kappa shape index (κ3) is 2.72. The van der Waals surface area contributed by atoms with Crippen molar-refractivity contribution in [2.75, 3.05) is 4.90 Å². The molecule has 2 atom stereocenters. The van der Waals surface area contributed by atoms with Crippen LogP contribution in [0.3, 0.4) is 0 Å². The second-order valence-corrected chi connectivity index (χ2v) is 6.81. The molecular weight excluding hydrogens is 364 g/mol. The first-order valence-corrected chi connectivity index (χ1v) is 8.10. The fourth-order valence-electron chi connectivity index (χ4n) is 3.57. The van der Waals surface area contributed by atoms with Crippen LogP contribution in [0, 0.1) is 5.92 Å². The molecular formula is C17H20BrClN2O. The fourth-order valence-corrected chi connectivity index (χ4v) is 3.70. The van der Waals surface area contributed by atoms with Gasteiger partial charge in [0.2, 0.25) is 5.91 Å². The van der Waals surface area contributed by atoms with E-state index in [0.29, 0.717) is 11.1 Å². The van der Waals surface area contributed by atoms with E-state index in [0.717, 1.165) is 37.8 Å². The molecule has 0 aromatic heterocycles. The van der Waals surface area contributed by atoms with Crippen molar-refractivity contribution in [1.82, 2.24) is 5.32 Å². The first-order chi connectivity index (χ1) is 10.2. The average Bonchev–Trinajstić information content (AvgIpc) is 3.29. The predicted octanol–water partition coefficient (Wildman–Crippen LogP) is 4.07. The number of amides is 1. The zero-order valence-electron chi connectivity index (χ0n) is 12.3. The number of carbonyl (C=O) groups excluding carboxylic acids is 1. The summed E-state index contributed by atoms with van der Waals surface area (Å²) in [6, 6.07) is 8.06. The Bertz CT molecular complexity index is 599. The van der Waals surface area contributed by atoms with Crippen LogP contribution in [-0.2, 0) is 4.79 Å². The summed E-state index contributed by atoms with van der Waals surface area (Å²) in [5.41, 5.74) is 0.715. The summed E-state index contributed by atoms with van der Waals surface area (Å²) in [6.07, 6.45) is 9.48. The van der Waals surface area contributed by atoms with Gasteiger partial charge in [-0.1, -0.05) is 23.8 Å². The minimum absolute atomic E-state index is 0. The second-order valence-electron chi connectivity index (χ2n) is 6.38. The first kappa shape index (κ1) is 16.0. The van der Waals surface area contributed by atoms with Crippen LogP contribution in [0.25, 0.3) is 0 Å². The van der Waals surface area contributed by atoms with Gasteiger partial charge in [-0.2, -0.15) is 0 Å². The number of nitrogens with zero attached hydrogens (tertiary/aromatic N) is 1. The Morgan fingerprint density at radius 2 is 1.95 bits per heavy atom. The van der Waals surface area contributed by atoms with Gasteiger partial charge in [-0.25, -0.2) is 0 Å². The smallest absolute Gasteiger partial charge is 0.231 e. The lowest BCUT2D eigenvalue weighted by molar-refractivity contribution is -0.121. The lowest BCUT2D eigenvalue weighted by Crippen LogP contribution is -2.60. The lowest BCUT2D eigenvalue weighted by atomic mass is 9.99. The third-order valence-corrected chi connectivity index (χ3v) is 5.06. The van der Waals surface area contributed by atoms with Crippen LogP contribution in [0.4, 0.5) is 5.69 Å². The predicted molar refractivity (Wildman–Crippen MR) is 94.6 cm³/mol. The molecule has 1 aliphatic carbocycles. The molecule has 5 heteroatoms. The molecule has 1 saturated heterocycles. The minimum Gasteiger partial charge on any atom is -0.293 e. The lowest BCUT2D eigenvalue weighted by Gasteiger charge is -2.43. The number of nitrogens with one attached hydrogen (secondary N) is 1. The number of fused-ring (bicyclic) bond motifs is 2. The van der Waals surface area contributed by atoms with E-state index >= 15 is 0 Å². The highest BCUT2D eigenvalue weighted by atomic mass is 79.9. The molecule has 2 heterocycles. The molecule has 1 saturated carbocycles. The third-order valence-electron chi connectivity index (χ3n) is 4.81. The Balaban J connectivity index is 0.00000144. The Morgan fingerprint density at radius 1 is 1.23 bits per heavy atom. The Hall–Kier alpha value is -0.840. The monoisotopic (exact) mass is 382 g/mol. The molecule has 3 nitrogen and oxygen atoms in total. The quantitative estimate of drug-likeness (QED) is 0.798. The SMILES string of the molecule is Br.O=C(C1CC1)N(c1ccc(Cl)cc1)C12CC=CC(CC1)N2. The highest BCUT2D eigenvalue weighted by Crippen LogP contribution is 2.42. The summed E-state index contributed by atoms with van der Waals surface area (Å²) in [4.78, 5) is 14.9. The normalized spacial score (nSPS) is 29.0. The van der Waals surface area contributed by atoms with Crippen molar-refractivity contribution >= 4 is 40.2 Å². The van der Waals surface area contributed by atoms with Crippen molar-refractivity contribution < 1.29 is 4.79 Å². The highest BCUT2D eigenvalue weighted by Gasteiger charge is 2.49.